The largest absolute Gasteiger partial charge is 0.368 e. The van der Waals surface area contributed by atoms with Crippen LogP contribution in [0.5, 0.6) is 0 Å². The van der Waals surface area contributed by atoms with Crippen LogP contribution in [-0.2, 0) is 32.0 Å². The first-order chi connectivity index (χ1) is 19.4. The SMILES string of the molecule is CN(C(=O)C(Cc1ccc2ccccc2c1)N(CI)C(=O)COC1CCNCC1)C(Cc1ccccc1)C(N)=O. The maximum absolute atomic E-state index is 14.1. The minimum absolute atomic E-state index is 0.0173. The van der Waals surface area contributed by atoms with E-state index in [9.17, 15) is 14.4 Å². The van der Waals surface area contributed by atoms with E-state index in [1.807, 2.05) is 72.8 Å². The molecule has 0 aromatic heterocycles. The second-order valence-corrected chi connectivity index (χ2v) is 10.9. The fraction of sp³-hybridized carbons (Fsp3) is 0.387. The average molecular weight is 657 g/mol. The van der Waals surface area contributed by atoms with Crippen LogP contribution < -0.4 is 11.1 Å². The zero-order chi connectivity index (χ0) is 28.5. The molecule has 1 fully saturated rings. The first-order valence-corrected chi connectivity index (χ1v) is 15.1. The van der Waals surface area contributed by atoms with Crippen LogP contribution in [0.2, 0.25) is 0 Å². The highest BCUT2D eigenvalue weighted by molar-refractivity contribution is 14.1. The fourth-order valence-electron chi connectivity index (χ4n) is 5.13. The molecule has 3 aromatic carbocycles. The molecule has 2 atom stereocenters. The summed E-state index contributed by atoms with van der Waals surface area (Å²) < 4.78 is 6.25. The minimum Gasteiger partial charge on any atom is -0.368 e. The molecule has 1 aliphatic heterocycles. The van der Waals surface area contributed by atoms with Gasteiger partial charge in [-0.25, -0.2) is 0 Å². The number of carbonyl (C=O) groups excluding carboxylic acids is 3. The van der Waals surface area contributed by atoms with Gasteiger partial charge in [0.1, 0.15) is 18.7 Å². The number of nitrogens with two attached hydrogens (primary N) is 1. The number of hydrogen-bond acceptors (Lipinski definition) is 5. The number of nitrogens with zero attached hydrogens (tertiary/aromatic N) is 2. The summed E-state index contributed by atoms with van der Waals surface area (Å²) in [5, 5.41) is 5.45. The minimum atomic E-state index is -0.855. The summed E-state index contributed by atoms with van der Waals surface area (Å²) in [6.45, 7) is 1.62. The van der Waals surface area contributed by atoms with Gasteiger partial charge in [0, 0.05) is 19.9 Å². The Hall–Kier alpha value is -3.02. The molecule has 3 aromatic rings. The lowest BCUT2D eigenvalue weighted by atomic mass is 9.98. The number of amides is 3. The summed E-state index contributed by atoms with van der Waals surface area (Å²) in [5.41, 5.74) is 7.62. The Balaban J connectivity index is 1.60. The van der Waals surface area contributed by atoms with Crippen molar-refractivity contribution >= 4 is 51.1 Å². The van der Waals surface area contributed by atoms with E-state index in [2.05, 4.69) is 27.9 Å². The molecule has 8 nitrogen and oxygen atoms in total. The van der Waals surface area contributed by atoms with E-state index in [0.717, 1.165) is 47.8 Å². The molecule has 1 saturated heterocycles. The number of nitrogens with one attached hydrogen (secondary N) is 1. The molecule has 3 N–H and O–H groups in total. The smallest absolute Gasteiger partial charge is 0.249 e. The van der Waals surface area contributed by atoms with Gasteiger partial charge in [-0.1, -0.05) is 95.4 Å². The molecule has 0 bridgehead atoms. The number of halogens is 1. The molecular weight excluding hydrogens is 619 g/mol. The molecule has 1 heterocycles. The lowest BCUT2D eigenvalue weighted by molar-refractivity contribution is -0.150. The Morgan fingerprint density at radius 2 is 1.57 bits per heavy atom. The van der Waals surface area contributed by atoms with Gasteiger partial charge in [0.2, 0.25) is 17.7 Å². The number of rotatable bonds is 12. The molecule has 40 heavy (non-hydrogen) atoms. The van der Waals surface area contributed by atoms with Crippen LogP contribution in [0.1, 0.15) is 24.0 Å². The van der Waals surface area contributed by atoms with E-state index >= 15 is 0 Å². The quantitative estimate of drug-likeness (QED) is 0.177. The van der Waals surface area contributed by atoms with Gasteiger partial charge >= 0.3 is 0 Å². The number of ether oxygens (including phenoxy) is 1. The monoisotopic (exact) mass is 656 g/mol. The van der Waals surface area contributed by atoms with Crippen molar-refractivity contribution in [2.24, 2.45) is 5.73 Å². The Morgan fingerprint density at radius 1 is 0.925 bits per heavy atom. The van der Waals surface area contributed by atoms with Gasteiger partial charge in [0.25, 0.3) is 0 Å². The van der Waals surface area contributed by atoms with Crippen molar-refractivity contribution in [1.82, 2.24) is 15.1 Å². The Morgan fingerprint density at radius 3 is 2.25 bits per heavy atom. The zero-order valence-electron chi connectivity index (χ0n) is 22.8. The van der Waals surface area contributed by atoms with Crippen molar-refractivity contribution in [2.75, 3.05) is 31.3 Å². The maximum Gasteiger partial charge on any atom is 0.249 e. The van der Waals surface area contributed by atoms with E-state index in [0.29, 0.717) is 11.0 Å². The number of alkyl halides is 1. The van der Waals surface area contributed by atoms with E-state index < -0.39 is 18.0 Å². The second-order valence-electron chi connectivity index (χ2n) is 10.2. The average Bonchev–Trinajstić information content (AvgIpc) is 2.98. The summed E-state index contributed by atoms with van der Waals surface area (Å²) in [7, 11) is 1.59. The standard InChI is InChI=1S/C31H37IN4O4/c1-35(27(30(33)38)18-22-7-3-2-4-8-22)31(39)28(19-23-11-12-24-9-5-6-10-25(24)17-23)36(21-32)29(37)20-40-26-13-15-34-16-14-26/h2-12,17,26-28,34H,13-16,18-21H2,1H3,(H2,33,38). The van der Waals surface area contributed by atoms with Crippen molar-refractivity contribution in [3.05, 3.63) is 83.9 Å². The molecule has 4 rings (SSSR count). The number of fused-ring (bicyclic) bond motifs is 1. The topological polar surface area (TPSA) is 105 Å². The van der Waals surface area contributed by atoms with Gasteiger partial charge in [-0.05, 0) is 47.8 Å². The van der Waals surface area contributed by atoms with Gasteiger partial charge < -0.3 is 25.6 Å². The summed E-state index contributed by atoms with van der Waals surface area (Å²) in [5.74, 6) is -1.18. The van der Waals surface area contributed by atoms with Crippen LogP contribution in [0.25, 0.3) is 10.8 Å². The molecule has 0 spiro atoms. The summed E-state index contributed by atoms with van der Waals surface area (Å²) in [4.78, 5) is 43.1. The van der Waals surface area contributed by atoms with Crippen molar-refractivity contribution in [1.29, 1.82) is 0 Å². The van der Waals surface area contributed by atoms with Crippen molar-refractivity contribution in [3.63, 3.8) is 0 Å². The molecule has 0 radical (unpaired) electrons. The maximum atomic E-state index is 14.1. The van der Waals surface area contributed by atoms with Crippen LogP contribution >= 0.6 is 22.6 Å². The highest BCUT2D eigenvalue weighted by Gasteiger charge is 2.36. The molecular formula is C31H37IN4O4. The van der Waals surface area contributed by atoms with Gasteiger partial charge in [0.15, 0.2) is 0 Å². The van der Waals surface area contributed by atoms with Crippen LogP contribution in [-0.4, -0.2) is 77.0 Å². The first-order valence-electron chi connectivity index (χ1n) is 13.6. The number of piperidine rings is 1. The van der Waals surface area contributed by atoms with Crippen molar-refractivity contribution in [3.8, 4) is 0 Å². The molecule has 3 amide bonds. The molecule has 1 aliphatic rings. The zero-order valence-corrected chi connectivity index (χ0v) is 25.0. The predicted molar refractivity (Wildman–Crippen MR) is 165 cm³/mol. The number of hydrogen-bond donors (Lipinski definition) is 2. The Labute approximate surface area is 249 Å². The Bertz CT molecular complexity index is 1300. The number of benzene rings is 3. The number of primary amides is 1. The number of likely N-dealkylation sites (N-methyl/N-ethyl adjacent to an activating group) is 1. The summed E-state index contributed by atoms with van der Waals surface area (Å²) >= 11 is 2.11. The van der Waals surface area contributed by atoms with Crippen molar-refractivity contribution in [2.45, 2.75) is 43.9 Å². The van der Waals surface area contributed by atoms with Crippen LogP contribution in [0.15, 0.2) is 72.8 Å². The van der Waals surface area contributed by atoms with Gasteiger partial charge in [-0.15, -0.1) is 0 Å². The molecule has 9 heteroatoms. The number of carbonyl (C=O) groups is 3. The van der Waals surface area contributed by atoms with E-state index in [4.69, 9.17) is 10.5 Å². The Kier molecular flexibility index (Phi) is 10.9. The lowest BCUT2D eigenvalue weighted by Crippen LogP contribution is -2.56. The van der Waals surface area contributed by atoms with Gasteiger partial charge in [-0.3, -0.25) is 14.4 Å². The highest BCUT2D eigenvalue weighted by atomic mass is 127. The van der Waals surface area contributed by atoms with E-state index in [1.165, 1.54) is 4.90 Å². The highest BCUT2D eigenvalue weighted by Crippen LogP contribution is 2.21. The predicted octanol–water partition coefficient (Wildman–Crippen LogP) is 3.30. The summed E-state index contributed by atoms with van der Waals surface area (Å²) in [6.07, 6.45) is 2.30. The van der Waals surface area contributed by atoms with Crippen LogP contribution in [0, 0.1) is 0 Å². The molecule has 0 aliphatic carbocycles. The third kappa shape index (κ3) is 7.80. The lowest BCUT2D eigenvalue weighted by Gasteiger charge is -2.35. The molecule has 0 saturated carbocycles. The third-order valence-electron chi connectivity index (χ3n) is 7.50. The van der Waals surface area contributed by atoms with Crippen LogP contribution in [0.3, 0.4) is 0 Å². The van der Waals surface area contributed by atoms with E-state index in [-0.39, 0.29) is 30.9 Å². The molecule has 2 unspecified atom stereocenters. The second kappa shape index (κ2) is 14.6. The summed E-state index contributed by atoms with van der Waals surface area (Å²) in [6, 6.07) is 21.9. The normalized spacial score (nSPS) is 15.3. The van der Waals surface area contributed by atoms with Crippen LogP contribution in [0.4, 0.5) is 0 Å². The van der Waals surface area contributed by atoms with Gasteiger partial charge in [0.05, 0.1) is 10.7 Å². The third-order valence-corrected chi connectivity index (χ3v) is 8.23. The van der Waals surface area contributed by atoms with Gasteiger partial charge in [-0.2, -0.15) is 0 Å². The van der Waals surface area contributed by atoms with Crippen molar-refractivity contribution < 1.29 is 19.1 Å². The fourth-order valence-corrected chi connectivity index (χ4v) is 5.99. The molecule has 212 valence electrons. The first kappa shape index (κ1) is 30.0. The van der Waals surface area contributed by atoms with E-state index in [1.54, 1.807) is 11.9 Å².